The molecule has 1 fully saturated rings. The number of benzene rings is 3. The molecule has 2 aliphatic carbocycles. The minimum Gasteiger partial charge on any atom is -0.310 e. The summed E-state index contributed by atoms with van der Waals surface area (Å²) in [7, 11) is 4.49. The van der Waals surface area contributed by atoms with Crippen molar-refractivity contribution in [3.63, 3.8) is 0 Å². The fourth-order valence-corrected chi connectivity index (χ4v) is 5.76. The van der Waals surface area contributed by atoms with Crippen LogP contribution in [0, 0.1) is 0 Å². The zero-order valence-corrected chi connectivity index (χ0v) is 17.7. The van der Waals surface area contributed by atoms with Crippen LogP contribution in [-0.4, -0.2) is 25.0 Å². The first-order valence-corrected chi connectivity index (χ1v) is 11.2. The zero-order chi connectivity index (χ0) is 19.8. The van der Waals surface area contributed by atoms with E-state index in [1.54, 1.807) is 0 Å². The van der Waals surface area contributed by atoms with Gasteiger partial charge in [0.2, 0.25) is 0 Å². The van der Waals surface area contributed by atoms with Crippen LogP contribution in [0.3, 0.4) is 0 Å². The molecule has 29 heavy (non-hydrogen) atoms. The summed E-state index contributed by atoms with van der Waals surface area (Å²) in [4.78, 5) is 2.45. The zero-order valence-electron chi connectivity index (χ0n) is 17.7. The number of hydrogen-bond acceptors (Lipinski definition) is 2. The van der Waals surface area contributed by atoms with Crippen LogP contribution < -0.4 is 5.32 Å². The molecular formula is C27H32N2. The van der Waals surface area contributed by atoms with E-state index < -0.39 is 0 Å². The Bertz CT molecular complexity index is 987. The first-order chi connectivity index (χ1) is 14.2. The van der Waals surface area contributed by atoms with Crippen LogP contribution in [0.1, 0.15) is 47.9 Å². The molecule has 3 aromatic carbocycles. The summed E-state index contributed by atoms with van der Waals surface area (Å²) in [6.45, 7) is 0.977. The number of nitrogens with one attached hydrogen (secondary N) is 1. The van der Waals surface area contributed by atoms with Gasteiger partial charge in [0.25, 0.3) is 0 Å². The van der Waals surface area contributed by atoms with Gasteiger partial charge in [0.05, 0.1) is 0 Å². The highest BCUT2D eigenvalue weighted by Gasteiger charge is 2.38. The molecule has 0 unspecified atom stereocenters. The molecule has 3 aromatic rings. The van der Waals surface area contributed by atoms with Crippen molar-refractivity contribution >= 4 is 10.8 Å². The van der Waals surface area contributed by atoms with E-state index in [0.717, 1.165) is 6.54 Å². The van der Waals surface area contributed by atoms with E-state index in [1.807, 2.05) is 0 Å². The minimum absolute atomic E-state index is 0.182. The SMILES string of the molecule is CN(C)C1(c2ccccc2)CCC(NCc2ccc3c4c(cccc24)CC3)CC1. The Kier molecular flexibility index (Phi) is 4.93. The molecule has 0 bridgehead atoms. The van der Waals surface area contributed by atoms with Crippen molar-refractivity contribution in [2.24, 2.45) is 0 Å². The van der Waals surface area contributed by atoms with Gasteiger partial charge in [0.1, 0.15) is 0 Å². The predicted molar refractivity (Wildman–Crippen MR) is 122 cm³/mol. The standard InChI is InChI=1S/C27H32N2/c1-29(2)27(23-8-4-3-5-9-23)17-15-24(16-18-27)28-19-22-14-13-21-12-11-20-7-6-10-25(22)26(20)21/h3-10,13-14,24,28H,11-12,15-19H2,1-2H3. The van der Waals surface area contributed by atoms with Crippen molar-refractivity contribution in [1.29, 1.82) is 0 Å². The summed E-state index contributed by atoms with van der Waals surface area (Å²) in [5.41, 5.74) is 6.18. The van der Waals surface area contributed by atoms with Crippen molar-refractivity contribution in [1.82, 2.24) is 10.2 Å². The lowest BCUT2D eigenvalue weighted by Gasteiger charge is -2.45. The number of aryl methyl sites for hydroxylation is 2. The first-order valence-electron chi connectivity index (χ1n) is 11.2. The number of nitrogens with zero attached hydrogens (tertiary/aromatic N) is 1. The Morgan fingerprint density at radius 2 is 1.59 bits per heavy atom. The van der Waals surface area contributed by atoms with Gasteiger partial charge < -0.3 is 5.32 Å². The van der Waals surface area contributed by atoms with Crippen molar-refractivity contribution in [3.8, 4) is 0 Å². The monoisotopic (exact) mass is 384 g/mol. The van der Waals surface area contributed by atoms with Gasteiger partial charge in [-0.2, -0.15) is 0 Å². The first kappa shape index (κ1) is 18.8. The number of rotatable bonds is 5. The van der Waals surface area contributed by atoms with Crippen molar-refractivity contribution in [3.05, 3.63) is 82.9 Å². The average Bonchev–Trinajstić information content (AvgIpc) is 3.19. The Morgan fingerprint density at radius 1 is 0.862 bits per heavy atom. The van der Waals surface area contributed by atoms with Gasteiger partial charge in [0.15, 0.2) is 0 Å². The van der Waals surface area contributed by atoms with E-state index >= 15 is 0 Å². The van der Waals surface area contributed by atoms with E-state index in [4.69, 9.17) is 0 Å². The van der Waals surface area contributed by atoms with Gasteiger partial charge in [-0.05, 0) is 85.6 Å². The van der Waals surface area contributed by atoms with Crippen LogP contribution in [-0.2, 0) is 24.9 Å². The second-order valence-corrected chi connectivity index (χ2v) is 9.17. The van der Waals surface area contributed by atoms with E-state index in [-0.39, 0.29) is 5.54 Å². The summed E-state index contributed by atoms with van der Waals surface area (Å²) >= 11 is 0. The maximum atomic E-state index is 3.90. The van der Waals surface area contributed by atoms with Crippen molar-refractivity contribution in [2.75, 3.05) is 14.1 Å². The topological polar surface area (TPSA) is 15.3 Å². The third-order valence-electron chi connectivity index (χ3n) is 7.53. The lowest BCUT2D eigenvalue weighted by molar-refractivity contribution is 0.0853. The van der Waals surface area contributed by atoms with Gasteiger partial charge >= 0.3 is 0 Å². The minimum atomic E-state index is 0.182. The summed E-state index contributed by atoms with van der Waals surface area (Å²) in [5.74, 6) is 0. The molecule has 0 radical (unpaired) electrons. The molecule has 1 saturated carbocycles. The third kappa shape index (κ3) is 3.29. The molecule has 0 heterocycles. The molecule has 0 spiro atoms. The van der Waals surface area contributed by atoms with Crippen LogP contribution in [0.15, 0.2) is 60.7 Å². The Morgan fingerprint density at radius 3 is 2.31 bits per heavy atom. The van der Waals surface area contributed by atoms with E-state index in [2.05, 4.69) is 85.0 Å². The maximum Gasteiger partial charge on any atom is 0.0455 e. The average molecular weight is 385 g/mol. The van der Waals surface area contributed by atoms with E-state index in [1.165, 1.54) is 71.6 Å². The molecule has 0 amide bonds. The predicted octanol–water partition coefficient (Wildman–Crippen LogP) is 5.43. The lowest BCUT2D eigenvalue weighted by Crippen LogP contribution is -2.47. The van der Waals surface area contributed by atoms with Crippen molar-refractivity contribution in [2.45, 2.75) is 56.7 Å². The smallest absolute Gasteiger partial charge is 0.0455 e. The molecule has 150 valence electrons. The molecular weight excluding hydrogens is 352 g/mol. The summed E-state index contributed by atoms with van der Waals surface area (Å²) < 4.78 is 0. The fourth-order valence-electron chi connectivity index (χ4n) is 5.76. The third-order valence-corrected chi connectivity index (χ3v) is 7.53. The van der Waals surface area contributed by atoms with Gasteiger partial charge in [-0.15, -0.1) is 0 Å². The van der Waals surface area contributed by atoms with Crippen LogP contribution in [0.25, 0.3) is 10.8 Å². The molecule has 2 heteroatoms. The molecule has 2 aliphatic rings. The van der Waals surface area contributed by atoms with Crippen LogP contribution in [0.5, 0.6) is 0 Å². The second-order valence-electron chi connectivity index (χ2n) is 9.17. The molecule has 2 nitrogen and oxygen atoms in total. The van der Waals surface area contributed by atoms with Crippen LogP contribution in [0.2, 0.25) is 0 Å². The van der Waals surface area contributed by atoms with Gasteiger partial charge in [-0.25, -0.2) is 0 Å². The summed E-state index contributed by atoms with van der Waals surface area (Å²) in [6, 6.07) is 23.3. The highest BCUT2D eigenvalue weighted by molar-refractivity contribution is 5.93. The normalized spacial score (nSPS) is 23.8. The maximum absolute atomic E-state index is 3.90. The van der Waals surface area contributed by atoms with Crippen LogP contribution in [0.4, 0.5) is 0 Å². The van der Waals surface area contributed by atoms with E-state index in [0.29, 0.717) is 6.04 Å². The summed E-state index contributed by atoms with van der Waals surface area (Å²) in [5, 5.41) is 6.90. The molecule has 0 aromatic heterocycles. The van der Waals surface area contributed by atoms with Gasteiger partial charge in [-0.3, -0.25) is 4.90 Å². The lowest BCUT2D eigenvalue weighted by atomic mass is 9.74. The van der Waals surface area contributed by atoms with Crippen LogP contribution >= 0.6 is 0 Å². The molecule has 0 saturated heterocycles. The van der Waals surface area contributed by atoms with Gasteiger partial charge in [0, 0.05) is 18.1 Å². The highest BCUT2D eigenvalue weighted by atomic mass is 15.1. The van der Waals surface area contributed by atoms with E-state index in [9.17, 15) is 0 Å². The van der Waals surface area contributed by atoms with Gasteiger partial charge in [-0.1, -0.05) is 60.7 Å². The molecule has 5 rings (SSSR count). The Hall–Kier alpha value is -2.16. The van der Waals surface area contributed by atoms with Crippen molar-refractivity contribution < 1.29 is 0 Å². The second kappa shape index (κ2) is 7.59. The Balaban J connectivity index is 1.29. The molecule has 1 N–H and O–H groups in total. The summed E-state index contributed by atoms with van der Waals surface area (Å²) in [6.07, 6.45) is 7.30. The molecule has 0 atom stereocenters. The quantitative estimate of drug-likeness (QED) is 0.631. The largest absolute Gasteiger partial charge is 0.310 e. The fraction of sp³-hybridized carbons (Fsp3) is 0.407. The molecule has 0 aliphatic heterocycles. The highest BCUT2D eigenvalue weighted by Crippen LogP contribution is 2.41. The number of hydrogen-bond donors (Lipinski definition) is 1. The Labute approximate surface area is 174 Å².